The average molecular weight is 234 g/mol. The molecule has 2 aliphatic rings. The lowest BCUT2D eigenvalue weighted by molar-refractivity contribution is 0.0735. The zero-order valence-electron chi connectivity index (χ0n) is 10.3. The van der Waals surface area contributed by atoms with Crippen LogP contribution in [0.2, 0.25) is 0 Å². The van der Waals surface area contributed by atoms with Crippen molar-refractivity contribution in [3.63, 3.8) is 0 Å². The molecule has 0 unspecified atom stereocenters. The number of furan rings is 1. The van der Waals surface area contributed by atoms with Crippen molar-refractivity contribution in [3.8, 4) is 0 Å². The molecule has 0 saturated carbocycles. The maximum atomic E-state index is 12.5. The zero-order valence-corrected chi connectivity index (χ0v) is 10.3. The van der Waals surface area contributed by atoms with Crippen LogP contribution in [0, 0.1) is 19.8 Å². The smallest absolute Gasteiger partial charge is 0.257 e. The number of amides is 1. The first-order valence-corrected chi connectivity index (χ1v) is 6.25. The van der Waals surface area contributed by atoms with Crippen molar-refractivity contribution in [1.29, 1.82) is 0 Å². The Morgan fingerprint density at radius 3 is 3.00 bits per heavy atom. The van der Waals surface area contributed by atoms with Gasteiger partial charge in [0.1, 0.15) is 11.5 Å². The second kappa shape index (κ2) is 3.88. The summed E-state index contributed by atoms with van der Waals surface area (Å²) in [6.45, 7) is 6.62. The number of nitrogens with one attached hydrogen (secondary N) is 1. The quantitative estimate of drug-likeness (QED) is 0.797. The van der Waals surface area contributed by atoms with E-state index in [4.69, 9.17) is 4.42 Å². The molecule has 1 amide bonds. The van der Waals surface area contributed by atoms with Crippen molar-refractivity contribution < 1.29 is 9.21 Å². The Kier molecular flexibility index (Phi) is 2.47. The third-order valence-corrected chi connectivity index (χ3v) is 3.98. The van der Waals surface area contributed by atoms with Crippen LogP contribution in [-0.2, 0) is 0 Å². The van der Waals surface area contributed by atoms with Crippen LogP contribution < -0.4 is 5.32 Å². The van der Waals surface area contributed by atoms with E-state index in [9.17, 15) is 4.79 Å². The van der Waals surface area contributed by atoms with Gasteiger partial charge in [0.15, 0.2) is 0 Å². The Balaban J connectivity index is 1.85. The minimum absolute atomic E-state index is 0.135. The van der Waals surface area contributed by atoms with Crippen molar-refractivity contribution in [3.05, 3.63) is 23.2 Å². The van der Waals surface area contributed by atoms with Crippen molar-refractivity contribution in [1.82, 2.24) is 10.2 Å². The number of carbonyl (C=O) groups excluding carboxylic acids is 1. The number of carbonyl (C=O) groups is 1. The third-order valence-electron chi connectivity index (χ3n) is 3.98. The largest absolute Gasteiger partial charge is 0.466 e. The van der Waals surface area contributed by atoms with Gasteiger partial charge in [0.25, 0.3) is 5.91 Å². The fourth-order valence-corrected chi connectivity index (χ4v) is 3.10. The molecule has 0 aromatic carbocycles. The molecule has 1 aromatic rings. The molecule has 4 heteroatoms. The van der Waals surface area contributed by atoms with E-state index in [0.29, 0.717) is 12.0 Å². The molecule has 2 fully saturated rings. The van der Waals surface area contributed by atoms with Gasteiger partial charge in [-0.15, -0.1) is 0 Å². The highest BCUT2D eigenvalue weighted by atomic mass is 16.3. The number of likely N-dealkylation sites (tertiary alicyclic amines) is 1. The summed E-state index contributed by atoms with van der Waals surface area (Å²) in [4.78, 5) is 14.5. The van der Waals surface area contributed by atoms with Crippen molar-refractivity contribution in [2.45, 2.75) is 26.3 Å². The molecule has 1 aromatic heterocycles. The van der Waals surface area contributed by atoms with E-state index in [0.717, 1.165) is 43.1 Å². The van der Waals surface area contributed by atoms with E-state index in [-0.39, 0.29) is 5.91 Å². The molecule has 0 radical (unpaired) electrons. The highest BCUT2D eigenvalue weighted by molar-refractivity contribution is 5.95. The van der Waals surface area contributed by atoms with E-state index in [2.05, 4.69) is 5.32 Å². The predicted octanol–water partition coefficient (Wildman–Crippen LogP) is 1.33. The first kappa shape index (κ1) is 10.8. The van der Waals surface area contributed by atoms with Gasteiger partial charge < -0.3 is 14.6 Å². The molecular formula is C13H18N2O2. The minimum Gasteiger partial charge on any atom is -0.466 e. The standard InChI is InChI=1S/C13H18N2O2/c1-8-5-11(9(2)17-8)13(16)15-4-3-10-6-14-7-12(10)15/h5,10,12,14H,3-4,6-7H2,1-2H3/t10-,12+/m1/s1. The lowest BCUT2D eigenvalue weighted by Crippen LogP contribution is -2.39. The summed E-state index contributed by atoms with van der Waals surface area (Å²) < 4.78 is 5.44. The van der Waals surface area contributed by atoms with E-state index in [1.807, 2.05) is 24.8 Å². The molecule has 92 valence electrons. The Morgan fingerprint density at radius 2 is 2.29 bits per heavy atom. The van der Waals surface area contributed by atoms with Gasteiger partial charge in [0.05, 0.1) is 5.56 Å². The fourth-order valence-electron chi connectivity index (χ4n) is 3.10. The van der Waals surface area contributed by atoms with Gasteiger partial charge >= 0.3 is 0 Å². The minimum atomic E-state index is 0.135. The number of nitrogens with zero attached hydrogens (tertiary/aromatic N) is 1. The Labute approximate surface area is 101 Å². The average Bonchev–Trinajstić information content (AvgIpc) is 2.91. The number of aryl methyl sites for hydroxylation is 2. The molecule has 2 aliphatic heterocycles. The summed E-state index contributed by atoms with van der Waals surface area (Å²) in [6, 6.07) is 2.24. The molecule has 4 nitrogen and oxygen atoms in total. The molecule has 17 heavy (non-hydrogen) atoms. The summed E-state index contributed by atoms with van der Waals surface area (Å²) in [5.41, 5.74) is 0.732. The van der Waals surface area contributed by atoms with Crippen LogP contribution in [0.1, 0.15) is 28.3 Å². The van der Waals surface area contributed by atoms with Crippen LogP contribution >= 0.6 is 0 Å². The number of fused-ring (bicyclic) bond motifs is 1. The zero-order chi connectivity index (χ0) is 12.0. The van der Waals surface area contributed by atoms with Crippen LogP contribution in [-0.4, -0.2) is 36.5 Å². The number of hydrogen-bond acceptors (Lipinski definition) is 3. The van der Waals surface area contributed by atoms with E-state index in [1.54, 1.807) is 0 Å². The molecule has 3 rings (SSSR count). The molecule has 2 saturated heterocycles. The second-order valence-electron chi connectivity index (χ2n) is 5.10. The lowest BCUT2D eigenvalue weighted by Gasteiger charge is -2.23. The van der Waals surface area contributed by atoms with Crippen molar-refractivity contribution >= 4 is 5.91 Å². The first-order chi connectivity index (χ1) is 8.16. The number of hydrogen-bond donors (Lipinski definition) is 1. The van der Waals surface area contributed by atoms with Gasteiger partial charge in [0.2, 0.25) is 0 Å². The molecule has 2 atom stereocenters. The van der Waals surface area contributed by atoms with Gasteiger partial charge in [-0.2, -0.15) is 0 Å². The molecular weight excluding hydrogens is 216 g/mol. The Hall–Kier alpha value is -1.29. The first-order valence-electron chi connectivity index (χ1n) is 6.25. The normalized spacial score (nSPS) is 27.5. The molecule has 0 spiro atoms. The van der Waals surface area contributed by atoms with Crippen LogP contribution in [0.3, 0.4) is 0 Å². The Morgan fingerprint density at radius 1 is 1.47 bits per heavy atom. The van der Waals surface area contributed by atoms with Gasteiger partial charge in [0, 0.05) is 25.7 Å². The molecule has 1 N–H and O–H groups in total. The maximum absolute atomic E-state index is 12.5. The topological polar surface area (TPSA) is 45.5 Å². The molecule has 0 aliphatic carbocycles. The van der Waals surface area contributed by atoms with Crippen LogP contribution in [0.4, 0.5) is 0 Å². The monoisotopic (exact) mass is 234 g/mol. The van der Waals surface area contributed by atoms with Crippen molar-refractivity contribution in [2.24, 2.45) is 5.92 Å². The van der Waals surface area contributed by atoms with Crippen LogP contribution in [0.5, 0.6) is 0 Å². The third kappa shape index (κ3) is 1.67. The van der Waals surface area contributed by atoms with Gasteiger partial charge in [-0.1, -0.05) is 0 Å². The number of rotatable bonds is 1. The maximum Gasteiger partial charge on any atom is 0.257 e. The summed E-state index contributed by atoms with van der Waals surface area (Å²) in [6.07, 6.45) is 1.12. The summed E-state index contributed by atoms with van der Waals surface area (Å²) in [7, 11) is 0. The van der Waals surface area contributed by atoms with Crippen LogP contribution in [0.15, 0.2) is 10.5 Å². The summed E-state index contributed by atoms with van der Waals surface area (Å²) in [5.74, 6) is 2.33. The molecule has 0 bridgehead atoms. The lowest BCUT2D eigenvalue weighted by atomic mass is 10.0. The summed E-state index contributed by atoms with van der Waals surface area (Å²) >= 11 is 0. The highest BCUT2D eigenvalue weighted by Gasteiger charge is 2.40. The highest BCUT2D eigenvalue weighted by Crippen LogP contribution is 2.29. The predicted molar refractivity (Wildman–Crippen MR) is 64.0 cm³/mol. The van der Waals surface area contributed by atoms with E-state index in [1.165, 1.54) is 0 Å². The van der Waals surface area contributed by atoms with Crippen molar-refractivity contribution in [2.75, 3.05) is 19.6 Å². The molecule has 3 heterocycles. The van der Waals surface area contributed by atoms with Gasteiger partial charge in [-0.25, -0.2) is 0 Å². The van der Waals surface area contributed by atoms with Gasteiger partial charge in [-0.3, -0.25) is 4.79 Å². The van der Waals surface area contributed by atoms with E-state index < -0.39 is 0 Å². The van der Waals surface area contributed by atoms with Gasteiger partial charge in [-0.05, 0) is 32.3 Å². The second-order valence-corrected chi connectivity index (χ2v) is 5.10. The Bertz CT molecular complexity index is 452. The summed E-state index contributed by atoms with van der Waals surface area (Å²) in [5, 5.41) is 3.36. The SMILES string of the molecule is Cc1cc(C(=O)N2CC[C@@H]3CNC[C@@H]32)c(C)o1. The van der Waals surface area contributed by atoms with E-state index >= 15 is 0 Å². The van der Waals surface area contributed by atoms with Crippen LogP contribution in [0.25, 0.3) is 0 Å². The fraction of sp³-hybridized carbons (Fsp3) is 0.615.